The first-order valence-corrected chi connectivity index (χ1v) is 11.5. The molecule has 0 radical (unpaired) electrons. The van der Waals surface area contributed by atoms with E-state index in [1.165, 1.54) is 31.2 Å². The third-order valence-corrected chi connectivity index (χ3v) is 7.47. The molecule has 0 saturated carbocycles. The van der Waals surface area contributed by atoms with Crippen molar-refractivity contribution in [2.75, 3.05) is 47.3 Å². The van der Waals surface area contributed by atoms with E-state index in [0.717, 1.165) is 37.5 Å². The highest BCUT2D eigenvalue weighted by Crippen LogP contribution is 2.22. The Morgan fingerprint density at radius 3 is 2.52 bits per heavy atom. The molecule has 2 heterocycles. The molecule has 1 aliphatic heterocycles. The van der Waals surface area contributed by atoms with Crippen LogP contribution in [0, 0.1) is 0 Å². The Kier molecular flexibility index (Phi) is 6.60. The van der Waals surface area contributed by atoms with E-state index in [2.05, 4.69) is 9.88 Å². The van der Waals surface area contributed by atoms with Crippen LogP contribution in [-0.4, -0.2) is 85.3 Å². The molecule has 0 N–H and O–H groups in total. The summed E-state index contributed by atoms with van der Waals surface area (Å²) in [4.78, 5) is 21.5. The number of carbonyl (C=O) groups is 1. The van der Waals surface area contributed by atoms with Crippen molar-refractivity contribution in [2.45, 2.75) is 30.6 Å². The number of likely N-dealkylation sites (tertiary alicyclic amines) is 1. The number of aryl methyl sites for hydroxylation is 2. The molecular formula is C20H31N5O3S. The molecule has 1 fully saturated rings. The maximum Gasteiger partial charge on any atom is 0.242 e. The standard InChI is InChI=1S/C20H31N5O3S/c1-22(2)29(27,28)16-7-8-18-17(15-16)21-19(24(18)4)9-10-20(26)23(3)13-14-25-11-5-6-12-25/h7-8,15H,5-6,9-14H2,1-4H3. The third-order valence-electron chi connectivity index (χ3n) is 5.66. The number of aromatic nitrogens is 2. The van der Waals surface area contributed by atoms with Crippen LogP contribution < -0.4 is 0 Å². The highest BCUT2D eigenvalue weighted by molar-refractivity contribution is 7.89. The Hall–Kier alpha value is -1.97. The predicted molar refractivity (Wildman–Crippen MR) is 113 cm³/mol. The van der Waals surface area contributed by atoms with Crippen LogP contribution in [0.4, 0.5) is 0 Å². The van der Waals surface area contributed by atoms with Gasteiger partial charge in [-0.15, -0.1) is 0 Å². The normalized spacial score (nSPS) is 15.5. The molecule has 3 rings (SSSR count). The van der Waals surface area contributed by atoms with Crippen molar-refractivity contribution in [1.82, 2.24) is 23.7 Å². The molecular weight excluding hydrogens is 390 g/mol. The molecule has 1 saturated heterocycles. The average Bonchev–Trinajstić information content (AvgIpc) is 3.31. The number of hydrogen-bond donors (Lipinski definition) is 0. The first-order valence-electron chi connectivity index (χ1n) is 10.0. The van der Waals surface area contributed by atoms with Crippen molar-refractivity contribution in [1.29, 1.82) is 0 Å². The van der Waals surface area contributed by atoms with Crippen molar-refractivity contribution >= 4 is 27.0 Å². The molecule has 160 valence electrons. The number of carbonyl (C=O) groups excluding carboxylic acids is 1. The van der Waals surface area contributed by atoms with Crippen molar-refractivity contribution < 1.29 is 13.2 Å². The maximum absolute atomic E-state index is 12.5. The molecule has 0 unspecified atom stereocenters. The molecule has 29 heavy (non-hydrogen) atoms. The van der Waals surface area contributed by atoms with Crippen molar-refractivity contribution in [2.24, 2.45) is 7.05 Å². The minimum atomic E-state index is -3.50. The van der Waals surface area contributed by atoms with Crippen LogP contribution in [0.2, 0.25) is 0 Å². The number of likely N-dealkylation sites (N-methyl/N-ethyl adjacent to an activating group) is 1. The average molecular weight is 422 g/mol. The van der Waals surface area contributed by atoms with E-state index in [4.69, 9.17) is 0 Å². The van der Waals surface area contributed by atoms with Crippen LogP contribution in [0.3, 0.4) is 0 Å². The second-order valence-corrected chi connectivity index (χ2v) is 10.0. The van der Waals surface area contributed by atoms with Gasteiger partial charge in [0.15, 0.2) is 0 Å². The molecule has 0 spiro atoms. The molecule has 1 aliphatic rings. The van der Waals surface area contributed by atoms with Gasteiger partial charge in [0.1, 0.15) is 5.82 Å². The van der Waals surface area contributed by atoms with Crippen LogP contribution in [0.5, 0.6) is 0 Å². The molecule has 2 aromatic rings. The fraction of sp³-hybridized carbons (Fsp3) is 0.600. The van der Waals surface area contributed by atoms with Gasteiger partial charge in [-0.3, -0.25) is 4.79 Å². The first-order chi connectivity index (χ1) is 13.7. The zero-order valence-corrected chi connectivity index (χ0v) is 18.6. The van der Waals surface area contributed by atoms with Gasteiger partial charge in [0.2, 0.25) is 15.9 Å². The Morgan fingerprint density at radius 1 is 1.17 bits per heavy atom. The number of imidazole rings is 1. The highest BCUT2D eigenvalue weighted by atomic mass is 32.2. The summed E-state index contributed by atoms with van der Waals surface area (Å²) < 4.78 is 27.8. The lowest BCUT2D eigenvalue weighted by Gasteiger charge is -2.21. The minimum absolute atomic E-state index is 0.104. The van der Waals surface area contributed by atoms with E-state index >= 15 is 0 Å². The Labute approximate surface area is 173 Å². The molecule has 1 aromatic heterocycles. The monoisotopic (exact) mass is 421 g/mol. The zero-order valence-electron chi connectivity index (χ0n) is 17.8. The van der Waals surface area contributed by atoms with Gasteiger partial charge in [0.25, 0.3) is 0 Å². The maximum atomic E-state index is 12.5. The van der Waals surface area contributed by atoms with Gasteiger partial charge in [-0.2, -0.15) is 0 Å². The molecule has 0 aliphatic carbocycles. The lowest BCUT2D eigenvalue weighted by atomic mass is 10.2. The summed E-state index contributed by atoms with van der Waals surface area (Å²) in [7, 11) is 3.26. The number of fused-ring (bicyclic) bond motifs is 1. The predicted octanol–water partition coefficient (Wildman–Crippen LogP) is 1.31. The van der Waals surface area contributed by atoms with E-state index in [-0.39, 0.29) is 10.8 Å². The zero-order chi connectivity index (χ0) is 21.2. The molecule has 1 aromatic carbocycles. The fourth-order valence-corrected chi connectivity index (χ4v) is 4.58. The second kappa shape index (κ2) is 8.81. The number of rotatable bonds is 8. The van der Waals surface area contributed by atoms with Gasteiger partial charge in [0, 0.05) is 54.1 Å². The van der Waals surface area contributed by atoms with Crippen LogP contribution in [0.25, 0.3) is 11.0 Å². The Morgan fingerprint density at radius 2 is 1.86 bits per heavy atom. The molecule has 9 heteroatoms. The summed E-state index contributed by atoms with van der Waals surface area (Å²) in [5, 5.41) is 0. The van der Waals surface area contributed by atoms with Gasteiger partial charge >= 0.3 is 0 Å². The van der Waals surface area contributed by atoms with E-state index in [1.807, 2.05) is 18.7 Å². The Balaban J connectivity index is 1.65. The van der Waals surface area contributed by atoms with Crippen molar-refractivity contribution in [3.63, 3.8) is 0 Å². The number of amides is 1. The second-order valence-electron chi connectivity index (χ2n) is 7.89. The van der Waals surface area contributed by atoms with Gasteiger partial charge in [-0.05, 0) is 44.1 Å². The lowest BCUT2D eigenvalue weighted by Crippen LogP contribution is -2.35. The van der Waals surface area contributed by atoms with E-state index < -0.39 is 10.0 Å². The van der Waals surface area contributed by atoms with Crippen LogP contribution in [0.1, 0.15) is 25.1 Å². The lowest BCUT2D eigenvalue weighted by molar-refractivity contribution is -0.130. The number of sulfonamides is 1. The number of benzene rings is 1. The first kappa shape index (κ1) is 21.7. The number of nitrogens with zero attached hydrogens (tertiary/aromatic N) is 5. The topological polar surface area (TPSA) is 78.8 Å². The third kappa shape index (κ3) is 4.79. The summed E-state index contributed by atoms with van der Waals surface area (Å²) in [5.74, 6) is 0.882. The Bertz CT molecular complexity index is 977. The smallest absolute Gasteiger partial charge is 0.242 e. The quantitative estimate of drug-likeness (QED) is 0.642. The van der Waals surface area contributed by atoms with E-state index in [1.54, 1.807) is 23.1 Å². The fourth-order valence-electron chi connectivity index (χ4n) is 3.66. The van der Waals surface area contributed by atoms with Crippen LogP contribution >= 0.6 is 0 Å². The highest BCUT2D eigenvalue weighted by Gasteiger charge is 2.20. The van der Waals surface area contributed by atoms with Crippen LogP contribution in [0.15, 0.2) is 23.1 Å². The molecule has 8 nitrogen and oxygen atoms in total. The van der Waals surface area contributed by atoms with Crippen molar-refractivity contribution in [3.05, 3.63) is 24.0 Å². The summed E-state index contributed by atoms with van der Waals surface area (Å²) in [5.41, 5.74) is 1.48. The molecule has 0 atom stereocenters. The largest absolute Gasteiger partial charge is 0.344 e. The summed E-state index contributed by atoms with van der Waals surface area (Å²) in [6.45, 7) is 3.94. The summed E-state index contributed by atoms with van der Waals surface area (Å²) in [6, 6.07) is 4.96. The summed E-state index contributed by atoms with van der Waals surface area (Å²) in [6.07, 6.45) is 3.41. The van der Waals surface area contributed by atoms with E-state index in [9.17, 15) is 13.2 Å². The molecule has 1 amide bonds. The molecule has 0 bridgehead atoms. The van der Waals surface area contributed by atoms with E-state index in [0.29, 0.717) is 18.4 Å². The number of hydrogen-bond acceptors (Lipinski definition) is 5. The summed E-state index contributed by atoms with van der Waals surface area (Å²) >= 11 is 0. The van der Waals surface area contributed by atoms with Crippen molar-refractivity contribution in [3.8, 4) is 0 Å². The van der Waals surface area contributed by atoms with Gasteiger partial charge in [0.05, 0.1) is 15.9 Å². The minimum Gasteiger partial charge on any atom is -0.344 e. The SMILES string of the molecule is CN(CCN1CCCC1)C(=O)CCc1nc2cc(S(=O)(=O)N(C)C)ccc2n1C. The van der Waals surface area contributed by atoms with Crippen LogP contribution in [-0.2, 0) is 28.3 Å². The van der Waals surface area contributed by atoms with Gasteiger partial charge in [-0.1, -0.05) is 0 Å². The van der Waals surface area contributed by atoms with Gasteiger partial charge in [-0.25, -0.2) is 17.7 Å². The van der Waals surface area contributed by atoms with Gasteiger partial charge < -0.3 is 14.4 Å².